The quantitative estimate of drug-likeness (QED) is 0.822. The molecule has 1 aromatic rings. The number of carbonyl (C=O) groups excluding carboxylic acids is 1. The minimum absolute atomic E-state index is 0.00461. The summed E-state index contributed by atoms with van der Waals surface area (Å²) in [6.45, 7) is 0.578. The van der Waals surface area contributed by atoms with Gasteiger partial charge in [0.1, 0.15) is 0 Å². The molecule has 1 unspecified atom stereocenters. The fourth-order valence-electron chi connectivity index (χ4n) is 2.19. The Balaban J connectivity index is 1.86. The normalized spacial score (nSPS) is 21.5. The van der Waals surface area contributed by atoms with Crippen molar-refractivity contribution in [2.24, 2.45) is 5.92 Å². The summed E-state index contributed by atoms with van der Waals surface area (Å²) >= 11 is 4.98. The van der Waals surface area contributed by atoms with Gasteiger partial charge < -0.3 is 4.90 Å². The molecular formula is C12H16BrNO3S2. The van der Waals surface area contributed by atoms with Gasteiger partial charge in [0.2, 0.25) is 5.91 Å². The van der Waals surface area contributed by atoms with E-state index in [0.717, 1.165) is 9.35 Å². The first kappa shape index (κ1) is 15.0. The van der Waals surface area contributed by atoms with Gasteiger partial charge in [-0.1, -0.05) is 0 Å². The second-order valence-electron chi connectivity index (χ2n) is 4.95. The van der Waals surface area contributed by atoms with Crippen molar-refractivity contribution in [3.05, 3.63) is 20.8 Å². The van der Waals surface area contributed by atoms with E-state index in [2.05, 4.69) is 15.9 Å². The van der Waals surface area contributed by atoms with E-state index in [1.165, 1.54) is 0 Å². The molecule has 0 aliphatic carbocycles. The molecule has 7 heteroatoms. The smallest absolute Gasteiger partial charge is 0.222 e. The average Bonchev–Trinajstić information content (AvgIpc) is 2.85. The zero-order valence-electron chi connectivity index (χ0n) is 10.6. The third kappa shape index (κ3) is 4.29. The Morgan fingerprint density at radius 3 is 2.84 bits per heavy atom. The number of hydrogen-bond donors (Lipinski definition) is 0. The van der Waals surface area contributed by atoms with Crippen LogP contribution in [0.15, 0.2) is 15.9 Å². The van der Waals surface area contributed by atoms with Crippen LogP contribution >= 0.6 is 27.3 Å². The lowest BCUT2D eigenvalue weighted by Crippen LogP contribution is -2.28. The lowest BCUT2D eigenvalue weighted by atomic mass is 10.0. The molecule has 0 aromatic carbocycles. The average molecular weight is 366 g/mol. The van der Waals surface area contributed by atoms with Crippen LogP contribution < -0.4 is 0 Å². The van der Waals surface area contributed by atoms with Gasteiger partial charge in [0.05, 0.1) is 18.1 Å². The summed E-state index contributed by atoms with van der Waals surface area (Å²) in [6, 6.07) is 1.99. The molecule has 2 heterocycles. The fourth-order valence-corrected chi connectivity index (χ4v) is 5.56. The molecule has 0 spiro atoms. The maximum absolute atomic E-state index is 12.0. The number of amides is 1. The van der Waals surface area contributed by atoms with Crippen molar-refractivity contribution >= 4 is 43.0 Å². The summed E-state index contributed by atoms with van der Waals surface area (Å²) in [7, 11) is -1.13. The number of carbonyl (C=O) groups is 1. The van der Waals surface area contributed by atoms with Crippen molar-refractivity contribution in [2.45, 2.75) is 19.4 Å². The second kappa shape index (κ2) is 5.93. The molecule has 1 amide bonds. The lowest BCUT2D eigenvalue weighted by molar-refractivity contribution is -0.131. The van der Waals surface area contributed by atoms with Crippen LogP contribution in [-0.2, 0) is 21.2 Å². The predicted octanol–water partition coefficient (Wildman–Crippen LogP) is 2.29. The molecule has 0 saturated carbocycles. The maximum Gasteiger partial charge on any atom is 0.222 e. The van der Waals surface area contributed by atoms with Gasteiger partial charge in [0, 0.05) is 28.2 Å². The second-order valence-corrected chi connectivity index (χ2v) is 9.09. The van der Waals surface area contributed by atoms with E-state index in [1.54, 1.807) is 23.3 Å². The first-order chi connectivity index (χ1) is 8.85. The molecule has 4 nitrogen and oxygen atoms in total. The predicted molar refractivity (Wildman–Crippen MR) is 79.9 cm³/mol. The van der Waals surface area contributed by atoms with Gasteiger partial charge in [-0.2, -0.15) is 0 Å². The van der Waals surface area contributed by atoms with Gasteiger partial charge in [0.25, 0.3) is 0 Å². The molecule has 0 N–H and O–H groups in total. The van der Waals surface area contributed by atoms with E-state index in [-0.39, 0.29) is 23.3 Å². The Hall–Kier alpha value is -0.400. The highest BCUT2D eigenvalue weighted by Crippen LogP contribution is 2.24. The molecular weight excluding hydrogens is 350 g/mol. The van der Waals surface area contributed by atoms with Crippen LogP contribution in [-0.4, -0.2) is 37.8 Å². The summed E-state index contributed by atoms with van der Waals surface area (Å²) in [5, 5.41) is 1.98. The van der Waals surface area contributed by atoms with Crippen LogP contribution in [0, 0.1) is 5.92 Å². The molecule has 1 fully saturated rings. The monoisotopic (exact) mass is 365 g/mol. The number of nitrogens with zero attached hydrogens (tertiary/aromatic N) is 1. The molecule has 19 heavy (non-hydrogen) atoms. The number of sulfone groups is 1. The molecule has 1 aromatic heterocycles. The van der Waals surface area contributed by atoms with Crippen molar-refractivity contribution in [1.82, 2.24) is 4.90 Å². The van der Waals surface area contributed by atoms with Crippen LogP contribution in [0.25, 0.3) is 0 Å². The van der Waals surface area contributed by atoms with Crippen LogP contribution in [0.4, 0.5) is 0 Å². The minimum Gasteiger partial charge on any atom is -0.341 e. The SMILES string of the molecule is CN(Cc1cc(Br)cs1)C(=O)CC1CCS(=O)(=O)C1. The van der Waals surface area contributed by atoms with E-state index in [1.807, 2.05) is 11.4 Å². The van der Waals surface area contributed by atoms with E-state index >= 15 is 0 Å². The van der Waals surface area contributed by atoms with Crippen LogP contribution in [0.3, 0.4) is 0 Å². The van der Waals surface area contributed by atoms with Crippen molar-refractivity contribution < 1.29 is 13.2 Å². The van der Waals surface area contributed by atoms with Gasteiger partial charge >= 0.3 is 0 Å². The van der Waals surface area contributed by atoms with Crippen molar-refractivity contribution in [3.8, 4) is 0 Å². The van der Waals surface area contributed by atoms with E-state index in [4.69, 9.17) is 0 Å². The molecule has 1 saturated heterocycles. The van der Waals surface area contributed by atoms with E-state index in [0.29, 0.717) is 19.4 Å². The highest BCUT2D eigenvalue weighted by atomic mass is 79.9. The molecule has 0 radical (unpaired) electrons. The Bertz CT molecular complexity index is 567. The zero-order valence-corrected chi connectivity index (χ0v) is 13.9. The summed E-state index contributed by atoms with van der Waals surface area (Å²) in [5.41, 5.74) is 0. The Morgan fingerprint density at radius 1 is 1.58 bits per heavy atom. The first-order valence-corrected chi connectivity index (χ1v) is 9.52. The number of thiophene rings is 1. The Labute approximate surface area is 125 Å². The molecule has 1 aliphatic rings. The molecule has 0 bridgehead atoms. The minimum atomic E-state index is -2.90. The van der Waals surface area contributed by atoms with Crippen molar-refractivity contribution in [3.63, 3.8) is 0 Å². The molecule has 1 aliphatic heterocycles. The molecule has 1 atom stereocenters. The maximum atomic E-state index is 12.0. The van der Waals surface area contributed by atoms with Gasteiger partial charge in [-0.15, -0.1) is 11.3 Å². The standard InChI is InChI=1S/C12H16BrNO3S2/c1-14(6-11-5-10(13)7-18-11)12(15)4-9-2-3-19(16,17)8-9/h5,7,9H,2-4,6,8H2,1H3. The summed E-state index contributed by atoms with van der Waals surface area (Å²) in [6.07, 6.45) is 0.953. The third-order valence-electron chi connectivity index (χ3n) is 3.23. The highest BCUT2D eigenvalue weighted by Gasteiger charge is 2.30. The van der Waals surface area contributed by atoms with Crippen molar-refractivity contribution in [1.29, 1.82) is 0 Å². The van der Waals surface area contributed by atoms with E-state index in [9.17, 15) is 13.2 Å². The number of halogens is 1. The van der Waals surface area contributed by atoms with Crippen LogP contribution in [0.1, 0.15) is 17.7 Å². The number of rotatable bonds is 4. The third-order valence-corrected chi connectivity index (χ3v) is 6.75. The largest absolute Gasteiger partial charge is 0.341 e. The van der Waals surface area contributed by atoms with Gasteiger partial charge in [-0.05, 0) is 34.3 Å². The van der Waals surface area contributed by atoms with Crippen LogP contribution in [0.2, 0.25) is 0 Å². The Kier molecular flexibility index (Phi) is 4.68. The Morgan fingerprint density at radius 2 is 2.32 bits per heavy atom. The van der Waals surface area contributed by atoms with Gasteiger partial charge in [0.15, 0.2) is 9.84 Å². The summed E-state index contributed by atoms with van der Waals surface area (Å²) in [4.78, 5) is 14.8. The topological polar surface area (TPSA) is 54.5 Å². The first-order valence-electron chi connectivity index (χ1n) is 6.03. The number of hydrogen-bond acceptors (Lipinski definition) is 4. The molecule has 106 valence electrons. The van der Waals surface area contributed by atoms with Crippen molar-refractivity contribution in [2.75, 3.05) is 18.6 Å². The summed E-state index contributed by atoms with van der Waals surface area (Å²) < 4.78 is 23.7. The van der Waals surface area contributed by atoms with E-state index < -0.39 is 9.84 Å². The van der Waals surface area contributed by atoms with Gasteiger partial charge in [-0.3, -0.25) is 4.79 Å². The van der Waals surface area contributed by atoms with Crippen LogP contribution in [0.5, 0.6) is 0 Å². The highest BCUT2D eigenvalue weighted by molar-refractivity contribution is 9.10. The lowest BCUT2D eigenvalue weighted by Gasteiger charge is -2.18. The zero-order chi connectivity index (χ0) is 14.0. The molecule has 2 rings (SSSR count). The van der Waals surface area contributed by atoms with Gasteiger partial charge in [-0.25, -0.2) is 8.42 Å². The summed E-state index contributed by atoms with van der Waals surface area (Å²) in [5.74, 6) is 0.408. The fraction of sp³-hybridized carbons (Fsp3) is 0.583.